The molecule has 1 atom stereocenters. The van der Waals surface area contributed by atoms with E-state index in [0.717, 1.165) is 30.4 Å². The van der Waals surface area contributed by atoms with Gasteiger partial charge in [-0.3, -0.25) is 4.57 Å². The number of hydrogen-bond acceptors (Lipinski definition) is 4. The largest absolute Gasteiger partial charge is 0.491 e. The first-order valence-corrected chi connectivity index (χ1v) is 13.6. The van der Waals surface area contributed by atoms with Crippen LogP contribution in [0.25, 0.3) is 0 Å². The number of aromatic nitrogens is 3. The Morgan fingerprint density at radius 2 is 1.37 bits per heavy atom. The number of nitrogens with zero attached hydrogens (tertiary/aromatic N) is 3. The molecule has 2 heterocycles. The zero-order chi connectivity index (χ0) is 26.1. The summed E-state index contributed by atoms with van der Waals surface area (Å²) in [5, 5.41) is 9.23. The Bertz CT molecular complexity index is 1280. The van der Waals surface area contributed by atoms with E-state index in [1.54, 1.807) is 4.57 Å². The van der Waals surface area contributed by atoms with E-state index in [-0.39, 0.29) is 5.41 Å². The molecule has 8 rings (SSSR count). The van der Waals surface area contributed by atoms with Crippen LogP contribution in [0.2, 0.25) is 0 Å². The van der Waals surface area contributed by atoms with Crippen LogP contribution in [-0.4, -0.2) is 26.9 Å². The molecule has 8 heteroatoms. The van der Waals surface area contributed by atoms with Crippen LogP contribution in [-0.2, 0) is 26.8 Å². The fourth-order valence-corrected chi connectivity index (χ4v) is 8.67. The molecule has 1 unspecified atom stereocenters. The second-order valence-corrected chi connectivity index (χ2v) is 12.0. The average molecular weight is 522 g/mol. The highest BCUT2D eigenvalue weighted by Gasteiger charge is 2.58. The number of aryl methyl sites for hydroxylation is 1. The smallest absolute Gasteiger partial charge is 0.433 e. The Labute approximate surface area is 219 Å². The summed E-state index contributed by atoms with van der Waals surface area (Å²) < 4.78 is 48.7. The van der Waals surface area contributed by atoms with Crippen LogP contribution in [0.1, 0.15) is 73.9 Å². The van der Waals surface area contributed by atoms with Crippen LogP contribution >= 0.6 is 0 Å². The first-order chi connectivity index (χ1) is 18.3. The summed E-state index contributed by atoms with van der Waals surface area (Å²) >= 11 is 0. The van der Waals surface area contributed by atoms with Gasteiger partial charge in [0.1, 0.15) is 11.6 Å². The maximum Gasteiger partial charge on any atom is 0.491 e. The molecular weight excluding hydrogens is 491 g/mol. The highest BCUT2D eigenvalue weighted by molar-refractivity contribution is 5.76. The van der Waals surface area contributed by atoms with E-state index in [1.807, 2.05) is 60.7 Å². The van der Waals surface area contributed by atoms with Crippen molar-refractivity contribution < 1.29 is 22.7 Å². The zero-order valence-electron chi connectivity index (χ0n) is 21.0. The Morgan fingerprint density at radius 1 is 0.842 bits per heavy atom. The molecule has 2 aromatic carbocycles. The van der Waals surface area contributed by atoms with Gasteiger partial charge in [-0.15, -0.1) is 10.2 Å². The minimum absolute atomic E-state index is 0.237. The topological polar surface area (TPSA) is 57.0 Å². The Kier molecular flexibility index (Phi) is 5.30. The van der Waals surface area contributed by atoms with Gasteiger partial charge in [0.2, 0.25) is 0 Å². The number of esters is 1. The molecule has 3 aromatic rings. The molecule has 4 bridgehead atoms. The standard InChI is InChI=1S/C30H30F3N3O2/c31-30(32,33)27(37)38-26-29(22-7-3-1-4-8-22,23-9-5-2-6-10-23)12-11-24-34-35-25(36(24)26)28-16-19-13-20(17-28)15-21(14-19)18-28/h1-10,19-21,26H,11-18H2. The highest BCUT2D eigenvalue weighted by atomic mass is 19.4. The molecule has 0 saturated heterocycles. The fourth-order valence-electron chi connectivity index (χ4n) is 8.67. The first kappa shape index (κ1) is 23.9. The summed E-state index contributed by atoms with van der Waals surface area (Å²) in [6.45, 7) is 0. The third-order valence-corrected chi connectivity index (χ3v) is 9.71. The monoisotopic (exact) mass is 521 g/mol. The van der Waals surface area contributed by atoms with Crippen molar-refractivity contribution in [1.29, 1.82) is 0 Å². The molecule has 0 radical (unpaired) electrons. The van der Waals surface area contributed by atoms with Gasteiger partial charge in [0, 0.05) is 11.8 Å². The van der Waals surface area contributed by atoms with Crippen molar-refractivity contribution in [2.75, 3.05) is 0 Å². The van der Waals surface area contributed by atoms with Crippen molar-refractivity contribution >= 4 is 5.97 Å². The third-order valence-electron chi connectivity index (χ3n) is 9.71. The molecule has 1 aliphatic heterocycles. The Hall–Kier alpha value is -3.16. The van der Waals surface area contributed by atoms with Gasteiger partial charge < -0.3 is 4.74 Å². The molecule has 0 N–H and O–H groups in total. The van der Waals surface area contributed by atoms with E-state index in [9.17, 15) is 18.0 Å². The second-order valence-electron chi connectivity index (χ2n) is 12.0. The van der Waals surface area contributed by atoms with Crippen LogP contribution < -0.4 is 0 Å². The van der Waals surface area contributed by atoms with Crippen molar-refractivity contribution in [1.82, 2.24) is 14.8 Å². The molecule has 5 nitrogen and oxygen atoms in total. The van der Waals surface area contributed by atoms with Crippen LogP contribution in [0.15, 0.2) is 60.7 Å². The van der Waals surface area contributed by atoms with Crippen LogP contribution in [0.5, 0.6) is 0 Å². The van der Waals surface area contributed by atoms with Gasteiger partial charge in [0.15, 0.2) is 6.23 Å². The number of rotatable bonds is 4. The van der Waals surface area contributed by atoms with Gasteiger partial charge in [-0.25, -0.2) is 4.79 Å². The van der Waals surface area contributed by atoms with E-state index >= 15 is 0 Å². The lowest BCUT2D eigenvalue weighted by Gasteiger charge is -2.56. The van der Waals surface area contributed by atoms with Gasteiger partial charge in [-0.1, -0.05) is 60.7 Å². The lowest BCUT2D eigenvalue weighted by Crippen LogP contribution is -2.52. The first-order valence-electron chi connectivity index (χ1n) is 13.6. The normalized spacial score (nSPS) is 31.1. The summed E-state index contributed by atoms with van der Waals surface area (Å²) in [7, 11) is 0. The number of carbonyl (C=O) groups is 1. The maximum absolute atomic E-state index is 13.8. The van der Waals surface area contributed by atoms with Crippen LogP contribution in [0.3, 0.4) is 0 Å². The number of fused-ring (bicyclic) bond motifs is 1. The number of hydrogen-bond donors (Lipinski definition) is 0. The number of alkyl halides is 3. The lowest BCUT2D eigenvalue weighted by molar-refractivity contribution is -0.214. The predicted octanol–water partition coefficient (Wildman–Crippen LogP) is 6.28. The van der Waals surface area contributed by atoms with Crippen LogP contribution in [0.4, 0.5) is 13.2 Å². The lowest BCUT2D eigenvalue weighted by atomic mass is 9.49. The average Bonchev–Trinajstić information content (AvgIpc) is 3.34. The molecule has 1 aromatic heterocycles. The van der Waals surface area contributed by atoms with Gasteiger partial charge in [0.25, 0.3) is 0 Å². The van der Waals surface area contributed by atoms with Crippen molar-refractivity contribution in [3.63, 3.8) is 0 Å². The molecule has 4 saturated carbocycles. The molecule has 0 amide bonds. The Balaban J connectivity index is 1.45. The van der Waals surface area contributed by atoms with Gasteiger partial charge in [0.05, 0.1) is 5.41 Å². The van der Waals surface area contributed by atoms with Crippen LogP contribution in [0, 0.1) is 17.8 Å². The SMILES string of the molecule is O=C(OC1n2c(nnc2C23CC4CC(CC(C4)C2)C3)CCC1(c1ccccc1)c1ccccc1)C(F)(F)F. The maximum atomic E-state index is 13.8. The fraction of sp³-hybridized carbons (Fsp3) is 0.500. The van der Waals surface area contributed by atoms with E-state index in [2.05, 4.69) is 5.10 Å². The summed E-state index contributed by atoms with van der Waals surface area (Å²) in [4.78, 5) is 12.6. The molecule has 5 aliphatic rings. The number of ether oxygens (including phenoxy) is 1. The van der Waals surface area contributed by atoms with Crippen molar-refractivity contribution in [2.24, 2.45) is 17.8 Å². The van der Waals surface area contributed by atoms with Gasteiger partial charge in [-0.2, -0.15) is 13.2 Å². The molecule has 4 fully saturated rings. The third kappa shape index (κ3) is 3.55. The number of carbonyl (C=O) groups excluding carboxylic acids is 1. The quantitative estimate of drug-likeness (QED) is 0.379. The van der Waals surface area contributed by atoms with Crippen molar-refractivity contribution in [2.45, 2.75) is 74.6 Å². The molecule has 38 heavy (non-hydrogen) atoms. The summed E-state index contributed by atoms with van der Waals surface area (Å²) in [5.41, 5.74) is 0.346. The molecule has 4 aliphatic carbocycles. The summed E-state index contributed by atoms with van der Waals surface area (Å²) in [6, 6.07) is 19.0. The van der Waals surface area contributed by atoms with Crippen molar-refractivity contribution in [3.8, 4) is 0 Å². The van der Waals surface area contributed by atoms with Gasteiger partial charge in [-0.05, 0) is 73.8 Å². The number of halogens is 3. The zero-order valence-corrected chi connectivity index (χ0v) is 21.0. The molecule has 198 valence electrons. The number of benzene rings is 2. The summed E-state index contributed by atoms with van der Waals surface area (Å²) in [6.07, 6.45) is 1.18. The minimum Gasteiger partial charge on any atom is -0.433 e. The van der Waals surface area contributed by atoms with E-state index in [4.69, 9.17) is 9.84 Å². The van der Waals surface area contributed by atoms with E-state index in [0.29, 0.717) is 42.2 Å². The molecule has 0 spiro atoms. The second kappa shape index (κ2) is 8.42. The van der Waals surface area contributed by atoms with Gasteiger partial charge >= 0.3 is 12.1 Å². The Morgan fingerprint density at radius 3 is 1.87 bits per heavy atom. The predicted molar refractivity (Wildman–Crippen MR) is 133 cm³/mol. The van der Waals surface area contributed by atoms with Crippen molar-refractivity contribution in [3.05, 3.63) is 83.4 Å². The van der Waals surface area contributed by atoms with E-state index < -0.39 is 23.8 Å². The highest BCUT2D eigenvalue weighted by Crippen LogP contribution is 2.61. The molecular formula is C30H30F3N3O2. The minimum atomic E-state index is -5.12. The summed E-state index contributed by atoms with van der Waals surface area (Å²) in [5.74, 6) is 0.961. The van der Waals surface area contributed by atoms with E-state index in [1.165, 1.54) is 19.3 Å².